The van der Waals surface area contributed by atoms with Crippen molar-refractivity contribution in [3.05, 3.63) is 58.1 Å². The molecule has 1 aliphatic rings. The predicted octanol–water partition coefficient (Wildman–Crippen LogP) is 4.20. The van der Waals surface area contributed by atoms with E-state index in [1.807, 2.05) is 0 Å². The highest BCUT2D eigenvalue weighted by molar-refractivity contribution is 9.10. The van der Waals surface area contributed by atoms with Crippen LogP contribution in [0.25, 0.3) is 0 Å². The molecule has 4 nitrogen and oxygen atoms in total. The summed E-state index contributed by atoms with van der Waals surface area (Å²) in [6.07, 6.45) is 0.177. The summed E-state index contributed by atoms with van der Waals surface area (Å²) in [4.78, 5) is 12.8. The van der Waals surface area contributed by atoms with E-state index in [1.54, 1.807) is 49.4 Å². The van der Waals surface area contributed by atoms with Gasteiger partial charge in [-0.3, -0.25) is 4.79 Å². The van der Waals surface area contributed by atoms with Crippen molar-refractivity contribution in [1.29, 1.82) is 0 Å². The number of carbonyl (C=O) groups excluding carboxylic acids is 1. The number of halogens is 1. The number of rotatable bonds is 3. The molecule has 0 spiro atoms. The van der Waals surface area contributed by atoms with Gasteiger partial charge < -0.3 is 4.74 Å². The van der Waals surface area contributed by atoms with Gasteiger partial charge in [-0.15, -0.1) is 0 Å². The van der Waals surface area contributed by atoms with Crippen LogP contribution in [0.2, 0.25) is 0 Å². The van der Waals surface area contributed by atoms with E-state index in [0.29, 0.717) is 21.3 Å². The number of ether oxygens (including phenoxy) is 1. The molecule has 3 rings (SSSR count). The van der Waals surface area contributed by atoms with E-state index in [0.717, 1.165) is 0 Å². The van der Waals surface area contributed by atoms with Gasteiger partial charge in [0, 0.05) is 10.9 Å². The van der Waals surface area contributed by atoms with Gasteiger partial charge in [-0.05, 0) is 35.7 Å². The van der Waals surface area contributed by atoms with Crippen LogP contribution in [0.5, 0.6) is 5.75 Å². The van der Waals surface area contributed by atoms with Crippen molar-refractivity contribution in [1.82, 2.24) is 0 Å². The predicted molar refractivity (Wildman–Crippen MR) is 95.2 cm³/mol. The molecule has 126 valence electrons. The fraction of sp³-hybridized carbons (Fsp3) is 0.278. The van der Waals surface area contributed by atoms with Crippen LogP contribution in [-0.4, -0.2) is 21.3 Å². The van der Waals surface area contributed by atoms with Gasteiger partial charge in [0.15, 0.2) is 15.6 Å². The lowest BCUT2D eigenvalue weighted by atomic mass is 9.83. The van der Waals surface area contributed by atoms with E-state index in [9.17, 15) is 13.2 Å². The average Bonchev–Trinajstić information content (AvgIpc) is 2.56. The van der Waals surface area contributed by atoms with Crippen LogP contribution < -0.4 is 4.74 Å². The minimum atomic E-state index is -3.63. The molecule has 2 aromatic carbocycles. The zero-order valence-electron chi connectivity index (χ0n) is 13.3. The Bertz CT molecular complexity index is 891. The maximum atomic E-state index is 13.2. The number of Topliss-reactive ketones (excluding diaryl/α,β-unsaturated/α-hetero) is 1. The van der Waals surface area contributed by atoms with Gasteiger partial charge in [0.05, 0.1) is 22.8 Å². The molecule has 0 aliphatic heterocycles. The molecule has 0 unspecified atom stereocenters. The number of methoxy groups -OCH3 is 1. The summed E-state index contributed by atoms with van der Waals surface area (Å²) in [7, 11) is -2.15. The summed E-state index contributed by atoms with van der Waals surface area (Å²) < 4.78 is 32.4. The van der Waals surface area contributed by atoms with E-state index in [-0.39, 0.29) is 23.0 Å². The summed E-state index contributed by atoms with van der Waals surface area (Å²) in [6.45, 7) is 1.80. The maximum absolute atomic E-state index is 13.2. The van der Waals surface area contributed by atoms with E-state index in [1.165, 1.54) is 7.11 Å². The van der Waals surface area contributed by atoms with Crippen LogP contribution in [0.4, 0.5) is 0 Å². The third-order valence-corrected chi connectivity index (χ3v) is 7.36. The Hall–Kier alpha value is -1.66. The molecule has 0 bridgehead atoms. The van der Waals surface area contributed by atoms with Gasteiger partial charge in [-0.25, -0.2) is 8.42 Å². The van der Waals surface area contributed by atoms with E-state index < -0.39 is 15.1 Å². The van der Waals surface area contributed by atoms with Crippen LogP contribution in [0.3, 0.4) is 0 Å². The van der Waals surface area contributed by atoms with Gasteiger partial charge in [0.25, 0.3) is 0 Å². The van der Waals surface area contributed by atoms with Gasteiger partial charge in [-0.1, -0.05) is 41.1 Å². The number of sulfone groups is 1. The van der Waals surface area contributed by atoms with Crippen molar-refractivity contribution < 1.29 is 17.9 Å². The summed E-state index contributed by atoms with van der Waals surface area (Å²) in [5, 5.41) is -0.794. The van der Waals surface area contributed by atoms with Crippen LogP contribution in [0.1, 0.15) is 34.5 Å². The molecule has 0 aromatic heterocycles. The fourth-order valence-electron chi connectivity index (χ4n) is 3.31. The van der Waals surface area contributed by atoms with Crippen molar-refractivity contribution in [2.75, 3.05) is 7.11 Å². The normalized spacial score (nSPS) is 20.5. The molecule has 24 heavy (non-hydrogen) atoms. The second-order valence-electron chi connectivity index (χ2n) is 5.92. The van der Waals surface area contributed by atoms with E-state index in [4.69, 9.17) is 4.74 Å². The quantitative estimate of drug-likeness (QED) is 0.763. The lowest BCUT2D eigenvalue weighted by Gasteiger charge is -2.32. The average molecular weight is 409 g/mol. The van der Waals surface area contributed by atoms with Crippen LogP contribution in [0.15, 0.2) is 51.8 Å². The second-order valence-corrected chi connectivity index (χ2v) is 8.85. The number of benzene rings is 2. The molecular formula is C18H17BrO4S. The summed E-state index contributed by atoms with van der Waals surface area (Å²) in [6, 6.07) is 11.8. The first-order valence-electron chi connectivity index (χ1n) is 7.56. The Morgan fingerprint density at radius 3 is 2.42 bits per heavy atom. The first-order valence-corrected chi connectivity index (χ1v) is 9.90. The first kappa shape index (κ1) is 17.2. The molecule has 2 aromatic rings. The monoisotopic (exact) mass is 408 g/mol. The molecule has 0 radical (unpaired) electrons. The molecule has 0 heterocycles. The minimum absolute atomic E-state index is 0.0878. The molecule has 0 saturated carbocycles. The molecule has 0 saturated heterocycles. The largest absolute Gasteiger partial charge is 0.496 e. The van der Waals surface area contributed by atoms with Crippen molar-refractivity contribution in [2.24, 2.45) is 5.92 Å². The van der Waals surface area contributed by atoms with Crippen molar-refractivity contribution in [3.8, 4) is 5.75 Å². The Kier molecular flexibility index (Phi) is 4.53. The highest BCUT2D eigenvalue weighted by Gasteiger charge is 2.43. The van der Waals surface area contributed by atoms with Crippen LogP contribution in [0, 0.1) is 5.92 Å². The number of hydrogen-bond donors (Lipinski definition) is 0. The van der Waals surface area contributed by atoms with Crippen molar-refractivity contribution in [3.63, 3.8) is 0 Å². The SMILES string of the molecule is COc1ccc(Br)c2c1C(=O)C[C@@H](C)[C@@H]2S(=O)(=O)c1ccccc1. The Morgan fingerprint density at radius 1 is 1.12 bits per heavy atom. The molecule has 2 atom stereocenters. The van der Waals surface area contributed by atoms with Crippen LogP contribution in [-0.2, 0) is 9.84 Å². The lowest BCUT2D eigenvalue weighted by Crippen LogP contribution is -2.30. The number of hydrogen-bond acceptors (Lipinski definition) is 4. The third kappa shape index (κ3) is 2.67. The molecule has 0 N–H and O–H groups in total. The van der Waals surface area contributed by atoms with E-state index in [2.05, 4.69) is 15.9 Å². The van der Waals surface area contributed by atoms with E-state index >= 15 is 0 Å². The highest BCUT2D eigenvalue weighted by Crippen LogP contribution is 2.47. The molecule has 0 amide bonds. The lowest BCUT2D eigenvalue weighted by molar-refractivity contribution is 0.0948. The standard InChI is InChI=1S/C18H17BrO4S/c1-11-10-14(20)17-15(23-2)9-8-13(19)16(17)18(11)24(21,22)12-6-4-3-5-7-12/h3-9,11,18H,10H2,1-2H3/t11-,18+/m1/s1. The minimum Gasteiger partial charge on any atom is -0.496 e. The fourth-order valence-corrected chi connectivity index (χ4v) is 6.14. The number of carbonyl (C=O) groups is 1. The maximum Gasteiger partial charge on any atom is 0.185 e. The highest BCUT2D eigenvalue weighted by atomic mass is 79.9. The smallest absolute Gasteiger partial charge is 0.185 e. The number of ketones is 1. The zero-order valence-corrected chi connectivity index (χ0v) is 15.7. The molecule has 1 aliphatic carbocycles. The van der Waals surface area contributed by atoms with Gasteiger partial charge in [0.1, 0.15) is 5.75 Å². The summed E-state index contributed by atoms with van der Waals surface area (Å²) in [5.41, 5.74) is 0.872. The summed E-state index contributed by atoms with van der Waals surface area (Å²) >= 11 is 3.43. The molecular weight excluding hydrogens is 392 g/mol. The second kappa shape index (κ2) is 6.33. The topological polar surface area (TPSA) is 60.4 Å². The van der Waals surface area contributed by atoms with Crippen molar-refractivity contribution in [2.45, 2.75) is 23.5 Å². The Labute approximate surface area is 149 Å². The molecule has 6 heteroatoms. The van der Waals surface area contributed by atoms with Crippen LogP contribution >= 0.6 is 15.9 Å². The Morgan fingerprint density at radius 2 is 1.79 bits per heavy atom. The first-order chi connectivity index (χ1) is 11.4. The zero-order chi connectivity index (χ0) is 17.5. The Balaban J connectivity index is 2.28. The van der Waals surface area contributed by atoms with Crippen molar-refractivity contribution >= 4 is 31.6 Å². The molecule has 0 fully saturated rings. The van der Waals surface area contributed by atoms with Gasteiger partial charge in [0.2, 0.25) is 0 Å². The number of fused-ring (bicyclic) bond motifs is 1. The van der Waals surface area contributed by atoms with Gasteiger partial charge >= 0.3 is 0 Å². The summed E-state index contributed by atoms with van der Waals surface area (Å²) in [5.74, 6) is 0.00661. The van der Waals surface area contributed by atoms with Gasteiger partial charge in [-0.2, -0.15) is 0 Å². The third-order valence-electron chi connectivity index (χ3n) is 4.37.